The zero-order valence-corrected chi connectivity index (χ0v) is 19.4. The molecule has 0 bridgehead atoms. The minimum atomic E-state index is -0.537. The van der Waals surface area contributed by atoms with Gasteiger partial charge in [0.15, 0.2) is 11.0 Å². The molecule has 31 heavy (non-hydrogen) atoms. The molecule has 0 aliphatic heterocycles. The highest BCUT2D eigenvalue weighted by molar-refractivity contribution is 7.99. The van der Waals surface area contributed by atoms with Crippen molar-refractivity contribution in [2.45, 2.75) is 38.5 Å². The molecular formula is C23H27N3O4S. The molecule has 0 saturated carbocycles. The first-order valence-electron chi connectivity index (χ1n) is 9.80. The van der Waals surface area contributed by atoms with Gasteiger partial charge in [-0.2, -0.15) is 0 Å². The van der Waals surface area contributed by atoms with Crippen molar-refractivity contribution in [2.75, 3.05) is 20.0 Å². The highest BCUT2D eigenvalue weighted by Gasteiger charge is 2.21. The molecule has 0 atom stereocenters. The van der Waals surface area contributed by atoms with E-state index in [1.807, 2.05) is 68.7 Å². The second-order valence-corrected chi connectivity index (χ2v) is 8.90. The van der Waals surface area contributed by atoms with Crippen molar-refractivity contribution in [3.8, 4) is 28.6 Å². The lowest BCUT2D eigenvalue weighted by Gasteiger charge is -2.19. The fraction of sp³-hybridized carbons (Fsp3) is 0.348. The zero-order chi connectivity index (χ0) is 22.6. The van der Waals surface area contributed by atoms with Crippen molar-refractivity contribution >= 4 is 17.7 Å². The number of nitrogens with zero attached hydrogens (tertiary/aromatic N) is 3. The Kier molecular flexibility index (Phi) is 6.90. The molecule has 1 heterocycles. The number of thioether (sulfide) groups is 1. The topological polar surface area (TPSA) is 75.5 Å². The van der Waals surface area contributed by atoms with E-state index in [-0.39, 0.29) is 11.7 Å². The van der Waals surface area contributed by atoms with E-state index in [2.05, 4.69) is 10.2 Å². The van der Waals surface area contributed by atoms with Crippen LogP contribution in [0.15, 0.2) is 47.6 Å². The molecule has 3 aromatic rings. The molecule has 8 heteroatoms. The van der Waals surface area contributed by atoms with Crippen LogP contribution in [0.25, 0.3) is 17.1 Å². The summed E-state index contributed by atoms with van der Waals surface area (Å²) in [5, 5.41) is 9.36. The minimum absolute atomic E-state index is 0.128. The molecule has 0 N–H and O–H groups in total. The summed E-state index contributed by atoms with van der Waals surface area (Å²) in [6.07, 6.45) is 0. The van der Waals surface area contributed by atoms with Crippen molar-refractivity contribution < 1.29 is 19.0 Å². The lowest BCUT2D eigenvalue weighted by molar-refractivity contribution is -0.151. The molecule has 0 unspecified atom stereocenters. The molecular weight excluding hydrogens is 414 g/mol. The molecule has 0 radical (unpaired) electrons. The van der Waals surface area contributed by atoms with Crippen molar-refractivity contribution in [1.82, 2.24) is 14.8 Å². The van der Waals surface area contributed by atoms with Crippen LogP contribution in [-0.4, -0.2) is 46.3 Å². The maximum atomic E-state index is 12.2. The number of methoxy groups -OCH3 is 2. The van der Waals surface area contributed by atoms with E-state index in [0.29, 0.717) is 22.5 Å². The first-order chi connectivity index (χ1) is 14.7. The van der Waals surface area contributed by atoms with Gasteiger partial charge in [-0.05, 0) is 52.0 Å². The van der Waals surface area contributed by atoms with E-state index >= 15 is 0 Å². The summed E-state index contributed by atoms with van der Waals surface area (Å²) < 4.78 is 18.2. The van der Waals surface area contributed by atoms with Gasteiger partial charge in [0.05, 0.1) is 20.0 Å². The molecule has 0 saturated heterocycles. The van der Waals surface area contributed by atoms with Crippen LogP contribution in [0.2, 0.25) is 0 Å². The van der Waals surface area contributed by atoms with Gasteiger partial charge in [-0.1, -0.05) is 29.5 Å². The Morgan fingerprint density at radius 2 is 1.61 bits per heavy atom. The van der Waals surface area contributed by atoms with Crippen LogP contribution in [0, 0.1) is 6.92 Å². The van der Waals surface area contributed by atoms with Gasteiger partial charge in [-0.25, -0.2) is 0 Å². The van der Waals surface area contributed by atoms with Crippen molar-refractivity contribution in [3.63, 3.8) is 0 Å². The number of aryl methyl sites for hydroxylation is 1. The van der Waals surface area contributed by atoms with Gasteiger partial charge in [0.25, 0.3) is 0 Å². The molecule has 3 rings (SSSR count). The van der Waals surface area contributed by atoms with Gasteiger partial charge >= 0.3 is 5.97 Å². The Labute approximate surface area is 186 Å². The Balaban J connectivity index is 2.03. The molecule has 0 amide bonds. The normalized spacial score (nSPS) is 11.3. The van der Waals surface area contributed by atoms with Crippen LogP contribution < -0.4 is 9.47 Å². The fourth-order valence-corrected chi connectivity index (χ4v) is 3.63. The van der Waals surface area contributed by atoms with Crippen LogP contribution in [-0.2, 0) is 9.53 Å². The number of carbonyl (C=O) groups is 1. The first kappa shape index (κ1) is 22.7. The molecule has 164 valence electrons. The number of ether oxygens (including phenoxy) is 3. The predicted molar refractivity (Wildman–Crippen MR) is 121 cm³/mol. The van der Waals surface area contributed by atoms with Crippen molar-refractivity contribution in [3.05, 3.63) is 48.0 Å². The standard InChI is InChI=1S/C23H27N3O4S/c1-15-7-9-17(10-8-15)26-21(16-11-18(28-5)13-19(12-16)29-6)24-25-22(26)31-14-20(27)30-23(2,3)4/h7-13H,14H2,1-6H3. The average Bonchev–Trinajstić information content (AvgIpc) is 3.15. The summed E-state index contributed by atoms with van der Waals surface area (Å²) in [4.78, 5) is 12.2. The first-order valence-corrected chi connectivity index (χ1v) is 10.8. The highest BCUT2D eigenvalue weighted by Crippen LogP contribution is 2.33. The fourth-order valence-electron chi connectivity index (χ4n) is 2.91. The molecule has 2 aromatic carbocycles. The molecule has 0 aliphatic rings. The number of hydrogen-bond donors (Lipinski definition) is 0. The highest BCUT2D eigenvalue weighted by atomic mass is 32.2. The van der Waals surface area contributed by atoms with Gasteiger partial charge in [0.2, 0.25) is 0 Å². The molecule has 0 aliphatic carbocycles. The third-order valence-electron chi connectivity index (χ3n) is 4.27. The number of aromatic nitrogens is 3. The summed E-state index contributed by atoms with van der Waals surface area (Å²) in [6.45, 7) is 7.57. The van der Waals surface area contributed by atoms with E-state index in [1.165, 1.54) is 11.8 Å². The molecule has 0 fully saturated rings. The Hall–Kier alpha value is -3.00. The third-order valence-corrected chi connectivity index (χ3v) is 5.18. The lowest BCUT2D eigenvalue weighted by atomic mass is 10.1. The molecule has 7 nitrogen and oxygen atoms in total. The predicted octanol–water partition coefficient (Wildman–Crippen LogP) is 4.69. The van der Waals surface area contributed by atoms with Crippen LogP contribution >= 0.6 is 11.8 Å². The molecule has 0 spiro atoms. The van der Waals surface area contributed by atoms with Crippen molar-refractivity contribution in [2.24, 2.45) is 0 Å². The number of benzene rings is 2. The summed E-state index contributed by atoms with van der Waals surface area (Å²) in [7, 11) is 3.21. The average molecular weight is 442 g/mol. The van der Waals surface area contributed by atoms with E-state index in [1.54, 1.807) is 20.3 Å². The second kappa shape index (κ2) is 9.43. The number of rotatable bonds is 7. The summed E-state index contributed by atoms with van der Waals surface area (Å²) in [5.41, 5.74) is 2.28. The summed E-state index contributed by atoms with van der Waals surface area (Å²) in [5.74, 6) is 1.74. The maximum Gasteiger partial charge on any atom is 0.316 e. The van der Waals surface area contributed by atoms with Crippen LogP contribution in [0.1, 0.15) is 26.3 Å². The van der Waals surface area contributed by atoms with Crippen LogP contribution in [0.3, 0.4) is 0 Å². The zero-order valence-electron chi connectivity index (χ0n) is 18.6. The van der Waals surface area contributed by atoms with Gasteiger partial charge < -0.3 is 14.2 Å². The quantitative estimate of drug-likeness (QED) is 0.389. The monoisotopic (exact) mass is 441 g/mol. The largest absolute Gasteiger partial charge is 0.497 e. The van der Waals surface area contributed by atoms with Crippen molar-refractivity contribution in [1.29, 1.82) is 0 Å². The summed E-state index contributed by atoms with van der Waals surface area (Å²) >= 11 is 1.28. The van der Waals surface area contributed by atoms with E-state index < -0.39 is 5.60 Å². The SMILES string of the molecule is COc1cc(OC)cc(-c2nnc(SCC(=O)OC(C)(C)C)n2-c2ccc(C)cc2)c1. The third kappa shape index (κ3) is 5.79. The second-order valence-electron chi connectivity index (χ2n) is 7.95. The van der Waals surface area contributed by atoms with E-state index in [0.717, 1.165) is 16.8 Å². The molecule has 1 aromatic heterocycles. The van der Waals surface area contributed by atoms with Crippen LogP contribution in [0.4, 0.5) is 0 Å². The number of hydrogen-bond acceptors (Lipinski definition) is 7. The maximum absolute atomic E-state index is 12.2. The number of esters is 1. The number of carbonyl (C=O) groups excluding carboxylic acids is 1. The van der Waals surface area contributed by atoms with Crippen LogP contribution in [0.5, 0.6) is 11.5 Å². The Morgan fingerprint density at radius 1 is 1.00 bits per heavy atom. The van der Waals surface area contributed by atoms with E-state index in [4.69, 9.17) is 14.2 Å². The van der Waals surface area contributed by atoms with Gasteiger partial charge in [0.1, 0.15) is 17.1 Å². The Bertz CT molecular complexity index is 1030. The van der Waals surface area contributed by atoms with Gasteiger partial charge in [-0.3, -0.25) is 9.36 Å². The van der Waals surface area contributed by atoms with E-state index in [9.17, 15) is 4.79 Å². The Morgan fingerprint density at radius 3 is 2.16 bits per heavy atom. The summed E-state index contributed by atoms with van der Waals surface area (Å²) in [6, 6.07) is 13.6. The smallest absolute Gasteiger partial charge is 0.316 e. The minimum Gasteiger partial charge on any atom is -0.497 e. The van der Waals surface area contributed by atoms with Gasteiger partial charge in [-0.15, -0.1) is 10.2 Å². The lowest BCUT2D eigenvalue weighted by Crippen LogP contribution is -2.25. The van der Waals surface area contributed by atoms with Gasteiger partial charge in [0, 0.05) is 17.3 Å².